The van der Waals surface area contributed by atoms with E-state index in [0.29, 0.717) is 50.7 Å². The summed E-state index contributed by atoms with van der Waals surface area (Å²) in [5.41, 5.74) is 0.544. The Kier molecular flexibility index (Phi) is 5.31. The van der Waals surface area contributed by atoms with Crippen LogP contribution in [-0.4, -0.2) is 78.0 Å². The maximum absolute atomic E-state index is 13.2. The van der Waals surface area contributed by atoms with Gasteiger partial charge in [0.05, 0.1) is 6.61 Å². The third-order valence-corrected chi connectivity index (χ3v) is 6.16. The third kappa shape index (κ3) is 3.36. The molecule has 10 heteroatoms. The van der Waals surface area contributed by atoms with Crippen LogP contribution in [0.4, 0.5) is 9.59 Å². The molecule has 30 heavy (non-hydrogen) atoms. The fourth-order valence-corrected chi connectivity index (χ4v) is 4.55. The van der Waals surface area contributed by atoms with Crippen molar-refractivity contribution in [1.82, 2.24) is 20.0 Å². The summed E-state index contributed by atoms with van der Waals surface area (Å²) >= 11 is 6.05. The van der Waals surface area contributed by atoms with Gasteiger partial charge in [-0.1, -0.05) is 17.7 Å². The molecule has 0 aromatic heterocycles. The lowest BCUT2D eigenvalue weighted by Gasteiger charge is -2.34. The first kappa shape index (κ1) is 20.5. The molecule has 1 N–H and O–H groups in total. The first-order chi connectivity index (χ1) is 14.4. The monoisotopic (exact) mass is 434 g/mol. The summed E-state index contributed by atoms with van der Waals surface area (Å²) in [4.78, 5) is 54.4. The van der Waals surface area contributed by atoms with Crippen LogP contribution in [0, 0.1) is 0 Å². The Bertz CT molecular complexity index is 914. The van der Waals surface area contributed by atoms with E-state index in [-0.39, 0.29) is 12.5 Å². The Hall–Kier alpha value is -2.81. The van der Waals surface area contributed by atoms with Gasteiger partial charge in [-0.3, -0.25) is 14.5 Å². The van der Waals surface area contributed by atoms with Gasteiger partial charge in [0.2, 0.25) is 5.91 Å². The number of nitrogens with zero attached hydrogens (tertiary/aromatic N) is 3. The average molecular weight is 435 g/mol. The minimum absolute atomic E-state index is 0.293. The second-order valence-corrected chi connectivity index (χ2v) is 8.03. The lowest BCUT2D eigenvalue weighted by molar-refractivity contribution is -0.140. The van der Waals surface area contributed by atoms with Gasteiger partial charge < -0.3 is 19.9 Å². The van der Waals surface area contributed by atoms with E-state index in [1.54, 1.807) is 24.0 Å². The number of rotatable bonds is 3. The van der Waals surface area contributed by atoms with E-state index in [1.165, 1.54) is 4.90 Å². The minimum Gasteiger partial charge on any atom is -0.450 e. The Morgan fingerprint density at radius 3 is 2.57 bits per heavy atom. The number of piperazine rings is 1. The molecule has 0 saturated carbocycles. The van der Waals surface area contributed by atoms with Crippen LogP contribution in [0.1, 0.15) is 24.5 Å². The molecule has 1 aromatic rings. The lowest BCUT2D eigenvalue weighted by atomic mass is 9.92. The van der Waals surface area contributed by atoms with Crippen LogP contribution in [0.15, 0.2) is 18.2 Å². The molecule has 1 atom stereocenters. The third-order valence-electron chi connectivity index (χ3n) is 5.92. The molecule has 3 aliphatic rings. The zero-order valence-corrected chi connectivity index (χ0v) is 17.4. The molecular formula is C20H23ClN4O5. The molecule has 0 bridgehead atoms. The number of nitrogens with one attached hydrogen (secondary N) is 1. The number of urea groups is 1. The molecule has 1 aliphatic carbocycles. The number of carbonyl (C=O) groups excluding carboxylic acids is 4. The van der Waals surface area contributed by atoms with E-state index in [0.717, 1.165) is 16.0 Å². The average Bonchev–Trinajstić information content (AvgIpc) is 3.20. The molecule has 0 radical (unpaired) electrons. The number of amides is 5. The number of halogens is 1. The van der Waals surface area contributed by atoms with Gasteiger partial charge in [0.15, 0.2) is 0 Å². The number of aryl methyl sites for hydroxylation is 1. The summed E-state index contributed by atoms with van der Waals surface area (Å²) in [6.07, 6.45) is 0.663. The van der Waals surface area contributed by atoms with Crippen molar-refractivity contribution in [3.63, 3.8) is 0 Å². The highest BCUT2D eigenvalue weighted by Crippen LogP contribution is 2.42. The molecule has 160 valence electrons. The van der Waals surface area contributed by atoms with Crippen molar-refractivity contribution in [2.45, 2.75) is 25.3 Å². The first-order valence-corrected chi connectivity index (χ1v) is 10.4. The molecule has 2 fully saturated rings. The number of fused-ring (bicyclic) bond motifs is 2. The Morgan fingerprint density at radius 2 is 1.87 bits per heavy atom. The Labute approximate surface area is 178 Å². The van der Waals surface area contributed by atoms with Crippen LogP contribution < -0.4 is 5.32 Å². The minimum atomic E-state index is -1.13. The summed E-state index contributed by atoms with van der Waals surface area (Å²) in [5.74, 6) is -0.736. The van der Waals surface area contributed by atoms with E-state index < -0.39 is 23.6 Å². The highest BCUT2D eigenvalue weighted by molar-refractivity contribution is 6.30. The highest BCUT2D eigenvalue weighted by Gasteiger charge is 2.55. The normalized spacial score (nSPS) is 23.1. The quantitative estimate of drug-likeness (QED) is 0.723. The number of ether oxygens (including phenoxy) is 1. The van der Waals surface area contributed by atoms with E-state index in [4.69, 9.17) is 16.3 Å². The van der Waals surface area contributed by atoms with Gasteiger partial charge >= 0.3 is 12.1 Å². The SMILES string of the molecule is CCOC(=O)N1CCN(C(=O)CN2C(=O)NC3(CCc4cc(Cl)ccc43)C2=O)CC1. The van der Waals surface area contributed by atoms with Gasteiger partial charge in [0.25, 0.3) is 5.91 Å². The van der Waals surface area contributed by atoms with Gasteiger partial charge in [-0.25, -0.2) is 9.59 Å². The maximum atomic E-state index is 13.2. The number of hydrogen-bond donors (Lipinski definition) is 1. The fourth-order valence-electron chi connectivity index (χ4n) is 4.35. The molecule has 1 spiro atoms. The van der Waals surface area contributed by atoms with Gasteiger partial charge in [-0.15, -0.1) is 0 Å². The predicted octanol–water partition coefficient (Wildman–Crippen LogP) is 1.33. The maximum Gasteiger partial charge on any atom is 0.409 e. The molecule has 2 heterocycles. The Balaban J connectivity index is 1.42. The lowest BCUT2D eigenvalue weighted by Crippen LogP contribution is -2.53. The summed E-state index contributed by atoms with van der Waals surface area (Å²) in [7, 11) is 0. The Morgan fingerprint density at radius 1 is 1.17 bits per heavy atom. The van der Waals surface area contributed by atoms with Crippen LogP contribution in [0.25, 0.3) is 0 Å². The summed E-state index contributed by atoms with van der Waals surface area (Å²) in [6.45, 7) is 3.06. The topological polar surface area (TPSA) is 99.3 Å². The van der Waals surface area contributed by atoms with Crippen molar-refractivity contribution < 1.29 is 23.9 Å². The summed E-state index contributed by atoms with van der Waals surface area (Å²) < 4.78 is 4.97. The molecule has 5 amide bonds. The van der Waals surface area contributed by atoms with E-state index >= 15 is 0 Å². The van der Waals surface area contributed by atoms with E-state index in [9.17, 15) is 19.2 Å². The van der Waals surface area contributed by atoms with Gasteiger partial charge in [0.1, 0.15) is 12.1 Å². The zero-order valence-electron chi connectivity index (χ0n) is 16.6. The van der Waals surface area contributed by atoms with Crippen molar-refractivity contribution in [2.24, 2.45) is 0 Å². The number of imide groups is 1. The number of carbonyl (C=O) groups is 4. The van der Waals surface area contributed by atoms with Crippen LogP contribution >= 0.6 is 11.6 Å². The van der Waals surface area contributed by atoms with Crippen molar-refractivity contribution in [3.8, 4) is 0 Å². The second kappa shape index (κ2) is 7.79. The molecule has 9 nitrogen and oxygen atoms in total. The van der Waals surface area contributed by atoms with Crippen LogP contribution in [0.3, 0.4) is 0 Å². The van der Waals surface area contributed by atoms with Gasteiger partial charge in [-0.05, 0) is 43.0 Å². The largest absolute Gasteiger partial charge is 0.450 e. The van der Waals surface area contributed by atoms with E-state index in [2.05, 4.69) is 5.32 Å². The van der Waals surface area contributed by atoms with Gasteiger partial charge in [0, 0.05) is 31.2 Å². The molecule has 2 aliphatic heterocycles. The molecular weight excluding hydrogens is 412 g/mol. The van der Waals surface area contributed by atoms with Crippen molar-refractivity contribution in [3.05, 3.63) is 34.3 Å². The number of benzene rings is 1. The van der Waals surface area contributed by atoms with Crippen molar-refractivity contribution in [2.75, 3.05) is 39.3 Å². The van der Waals surface area contributed by atoms with E-state index in [1.807, 2.05) is 6.07 Å². The van der Waals surface area contributed by atoms with Crippen molar-refractivity contribution in [1.29, 1.82) is 0 Å². The standard InChI is InChI=1S/C20H23ClN4O5/c1-2-30-19(29)24-9-7-23(8-10-24)16(26)12-25-17(27)20(22-18(25)28)6-5-13-11-14(21)3-4-15(13)20/h3-4,11H,2,5-10,12H2,1H3,(H,22,28). The summed E-state index contributed by atoms with van der Waals surface area (Å²) in [6, 6.07) is 4.70. The molecule has 2 saturated heterocycles. The smallest absolute Gasteiger partial charge is 0.409 e. The second-order valence-electron chi connectivity index (χ2n) is 7.60. The number of hydrogen-bond acceptors (Lipinski definition) is 5. The summed E-state index contributed by atoms with van der Waals surface area (Å²) in [5, 5.41) is 3.38. The zero-order chi connectivity index (χ0) is 21.5. The molecule has 1 aromatic carbocycles. The fraction of sp³-hybridized carbons (Fsp3) is 0.500. The predicted molar refractivity (Wildman–Crippen MR) is 107 cm³/mol. The van der Waals surface area contributed by atoms with Gasteiger partial charge in [-0.2, -0.15) is 0 Å². The van der Waals surface area contributed by atoms with Crippen LogP contribution in [-0.2, 0) is 26.3 Å². The van der Waals surface area contributed by atoms with Crippen LogP contribution in [0.2, 0.25) is 5.02 Å². The van der Waals surface area contributed by atoms with Crippen LogP contribution in [0.5, 0.6) is 0 Å². The first-order valence-electron chi connectivity index (χ1n) is 9.98. The molecule has 1 unspecified atom stereocenters. The van der Waals surface area contributed by atoms with Crippen molar-refractivity contribution >= 4 is 35.5 Å². The molecule has 4 rings (SSSR count). The highest BCUT2D eigenvalue weighted by atomic mass is 35.5.